The van der Waals surface area contributed by atoms with Gasteiger partial charge in [0.1, 0.15) is 11.9 Å². The molecule has 2 N–H and O–H groups in total. The second kappa shape index (κ2) is 3.81. The molecule has 0 heterocycles. The predicted molar refractivity (Wildman–Crippen MR) is 57.8 cm³/mol. The molecule has 0 bridgehead atoms. The molecule has 0 radical (unpaired) electrons. The van der Waals surface area contributed by atoms with E-state index in [1.807, 2.05) is 19.2 Å². The van der Waals surface area contributed by atoms with Gasteiger partial charge in [-0.3, -0.25) is 0 Å². The van der Waals surface area contributed by atoms with E-state index in [0.717, 1.165) is 12.1 Å². The first-order chi connectivity index (χ1) is 7.16. The van der Waals surface area contributed by atoms with Gasteiger partial charge in [0.05, 0.1) is 0 Å². The van der Waals surface area contributed by atoms with Crippen LogP contribution in [0, 0.1) is 0 Å². The number of aromatic hydroxyl groups is 1. The molecular weight excluding hydrogens is 193 g/mol. The van der Waals surface area contributed by atoms with E-state index in [-0.39, 0.29) is 11.2 Å². The Bertz CT molecular complexity index is 342. The number of alkyl halides is 1. The normalized spacial score (nSPS) is 29.9. The van der Waals surface area contributed by atoms with Crippen LogP contribution in [0.25, 0.3) is 0 Å². The number of phenols is 1. The van der Waals surface area contributed by atoms with Crippen LogP contribution in [0.3, 0.4) is 0 Å². The van der Waals surface area contributed by atoms with Crippen LogP contribution >= 0.6 is 0 Å². The zero-order valence-corrected chi connectivity index (χ0v) is 8.83. The van der Waals surface area contributed by atoms with Crippen molar-refractivity contribution in [2.45, 2.75) is 24.4 Å². The van der Waals surface area contributed by atoms with Gasteiger partial charge in [-0.2, -0.15) is 0 Å². The van der Waals surface area contributed by atoms with E-state index in [9.17, 15) is 9.50 Å². The molecule has 0 saturated heterocycles. The standard InChI is InChI=1S/C12H16FNO/c1-14-8-12(6-10(13)7-12)9-3-2-4-11(15)5-9/h2-5,10,14-15H,6-8H2,1H3. The third kappa shape index (κ3) is 1.84. The first-order valence-corrected chi connectivity index (χ1v) is 5.24. The van der Waals surface area contributed by atoms with Gasteiger partial charge in [0.2, 0.25) is 0 Å². The van der Waals surface area contributed by atoms with Gasteiger partial charge < -0.3 is 10.4 Å². The number of phenolic OH excluding ortho intramolecular Hbond substituents is 1. The molecule has 1 aliphatic carbocycles. The number of hydrogen-bond donors (Lipinski definition) is 2. The Labute approximate surface area is 89.1 Å². The fourth-order valence-corrected chi connectivity index (χ4v) is 2.44. The summed E-state index contributed by atoms with van der Waals surface area (Å²) in [5, 5.41) is 12.5. The van der Waals surface area contributed by atoms with E-state index < -0.39 is 6.17 Å². The summed E-state index contributed by atoms with van der Waals surface area (Å²) in [5.41, 5.74) is 0.915. The average Bonchev–Trinajstić information content (AvgIpc) is 2.15. The molecule has 0 aliphatic heterocycles. The molecule has 2 rings (SSSR count). The highest BCUT2D eigenvalue weighted by Crippen LogP contribution is 2.45. The van der Waals surface area contributed by atoms with Crippen molar-refractivity contribution in [2.24, 2.45) is 0 Å². The van der Waals surface area contributed by atoms with E-state index in [1.54, 1.807) is 12.1 Å². The molecule has 2 nitrogen and oxygen atoms in total. The lowest BCUT2D eigenvalue weighted by Gasteiger charge is -2.44. The molecule has 1 aromatic rings. The molecule has 0 unspecified atom stereocenters. The van der Waals surface area contributed by atoms with Gasteiger partial charge in [-0.15, -0.1) is 0 Å². The molecule has 0 amide bonds. The minimum Gasteiger partial charge on any atom is -0.508 e. The van der Waals surface area contributed by atoms with Gasteiger partial charge in [0.15, 0.2) is 0 Å². The van der Waals surface area contributed by atoms with E-state index in [0.29, 0.717) is 12.8 Å². The van der Waals surface area contributed by atoms with Crippen molar-refractivity contribution in [3.8, 4) is 5.75 Å². The van der Waals surface area contributed by atoms with Crippen LogP contribution < -0.4 is 5.32 Å². The fraction of sp³-hybridized carbons (Fsp3) is 0.500. The Kier molecular flexibility index (Phi) is 2.65. The molecule has 0 aromatic heterocycles. The minimum absolute atomic E-state index is 0.118. The number of rotatable bonds is 3. The van der Waals surface area contributed by atoms with E-state index in [1.165, 1.54) is 0 Å². The molecule has 1 fully saturated rings. The molecule has 3 heteroatoms. The van der Waals surface area contributed by atoms with Crippen molar-refractivity contribution in [3.05, 3.63) is 29.8 Å². The first-order valence-electron chi connectivity index (χ1n) is 5.24. The summed E-state index contributed by atoms with van der Waals surface area (Å²) in [5.74, 6) is 0.255. The van der Waals surface area contributed by atoms with Gasteiger partial charge in [-0.1, -0.05) is 12.1 Å². The summed E-state index contributed by atoms with van der Waals surface area (Å²) in [6.07, 6.45) is 0.412. The van der Waals surface area contributed by atoms with Crippen LogP contribution in [0.15, 0.2) is 24.3 Å². The molecule has 0 atom stereocenters. The Morgan fingerprint density at radius 2 is 2.27 bits per heavy atom. The largest absolute Gasteiger partial charge is 0.508 e. The smallest absolute Gasteiger partial charge is 0.115 e. The molecule has 1 saturated carbocycles. The van der Waals surface area contributed by atoms with Gasteiger partial charge in [0, 0.05) is 12.0 Å². The third-order valence-corrected chi connectivity index (χ3v) is 3.20. The number of hydrogen-bond acceptors (Lipinski definition) is 2. The Morgan fingerprint density at radius 3 is 2.80 bits per heavy atom. The first kappa shape index (κ1) is 10.4. The van der Waals surface area contributed by atoms with Gasteiger partial charge >= 0.3 is 0 Å². The Hall–Kier alpha value is -1.09. The van der Waals surface area contributed by atoms with E-state index in [2.05, 4.69) is 5.32 Å². The van der Waals surface area contributed by atoms with Crippen LogP contribution in [-0.4, -0.2) is 24.9 Å². The summed E-state index contributed by atoms with van der Waals surface area (Å²) in [4.78, 5) is 0. The van der Waals surface area contributed by atoms with Gasteiger partial charge in [-0.25, -0.2) is 4.39 Å². The fourth-order valence-electron chi connectivity index (χ4n) is 2.44. The van der Waals surface area contributed by atoms with Crippen molar-refractivity contribution in [1.82, 2.24) is 5.32 Å². The second-order valence-electron chi connectivity index (χ2n) is 4.37. The lowest BCUT2D eigenvalue weighted by molar-refractivity contribution is 0.0938. The van der Waals surface area contributed by atoms with Crippen molar-refractivity contribution in [2.75, 3.05) is 13.6 Å². The molecule has 0 spiro atoms. The van der Waals surface area contributed by atoms with Crippen LogP contribution in [0.4, 0.5) is 4.39 Å². The highest BCUT2D eigenvalue weighted by atomic mass is 19.1. The Morgan fingerprint density at radius 1 is 1.53 bits per heavy atom. The predicted octanol–water partition coefficient (Wildman–Crippen LogP) is 1.98. The lowest BCUT2D eigenvalue weighted by Crippen LogP contribution is -2.49. The lowest BCUT2D eigenvalue weighted by atomic mass is 9.63. The van der Waals surface area contributed by atoms with Gasteiger partial charge in [0.25, 0.3) is 0 Å². The summed E-state index contributed by atoms with van der Waals surface area (Å²) in [6.45, 7) is 0.761. The summed E-state index contributed by atoms with van der Waals surface area (Å²) < 4.78 is 13.0. The zero-order valence-electron chi connectivity index (χ0n) is 8.83. The van der Waals surface area contributed by atoms with Crippen LogP contribution in [0.5, 0.6) is 5.75 Å². The molecule has 15 heavy (non-hydrogen) atoms. The Balaban J connectivity index is 2.26. The van der Waals surface area contributed by atoms with Gasteiger partial charge in [-0.05, 0) is 37.6 Å². The average molecular weight is 209 g/mol. The summed E-state index contributed by atoms with van der Waals surface area (Å²) >= 11 is 0. The van der Waals surface area contributed by atoms with Crippen molar-refractivity contribution >= 4 is 0 Å². The van der Waals surface area contributed by atoms with Crippen molar-refractivity contribution in [1.29, 1.82) is 0 Å². The molecule has 1 aromatic carbocycles. The highest BCUT2D eigenvalue weighted by molar-refractivity contribution is 5.36. The third-order valence-electron chi connectivity index (χ3n) is 3.20. The van der Waals surface area contributed by atoms with E-state index in [4.69, 9.17) is 0 Å². The topological polar surface area (TPSA) is 32.3 Å². The van der Waals surface area contributed by atoms with Crippen molar-refractivity contribution in [3.63, 3.8) is 0 Å². The van der Waals surface area contributed by atoms with Crippen LogP contribution in [0.1, 0.15) is 18.4 Å². The monoisotopic (exact) mass is 209 g/mol. The second-order valence-corrected chi connectivity index (χ2v) is 4.37. The number of nitrogens with one attached hydrogen (secondary N) is 1. The SMILES string of the molecule is CNCC1(c2cccc(O)c2)CC(F)C1. The maximum Gasteiger partial charge on any atom is 0.115 e. The molecular formula is C12H16FNO. The maximum absolute atomic E-state index is 13.0. The summed E-state index contributed by atoms with van der Waals surface area (Å²) in [6, 6.07) is 7.15. The zero-order chi connectivity index (χ0) is 10.9. The maximum atomic E-state index is 13.0. The highest BCUT2D eigenvalue weighted by Gasteiger charge is 2.45. The van der Waals surface area contributed by atoms with Crippen molar-refractivity contribution < 1.29 is 9.50 Å². The minimum atomic E-state index is -0.694. The number of likely N-dealkylation sites (N-methyl/N-ethyl adjacent to an activating group) is 1. The quantitative estimate of drug-likeness (QED) is 0.797. The number of benzene rings is 1. The summed E-state index contributed by atoms with van der Waals surface area (Å²) in [7, 11) is 1.87. The van der Waals surface area contributed by atoms with Crippen LogP contribution in [0.2, 0.25) is 0 Å². The molecule has 1 aliphatic rings. The van der Waals surface area contributed by atoms with E-state index >= 15 is 0 Å². The molecule has 82 valence electrons. The number of halogens is 1. The van der Waals surface area contributed by atoms with Crippen LogP contribution in [-0.2, 0) is 5.41 Å².